The largest absolute Gasteiger partial charge is 0.378 e. The molecular weight excluding hydrogens is 438 g/mol. The number of carbonyl (C=O) groups is 1. The first-order chi connectivity index (χ1) is 14.2. The summed E-state index contributed by atoms with van der Waals surface area (Å²) >= 11 is 3.23. The Hall–Kier alpha value is -2.10. The molecule has 2 aromatic rings. The number of halogens is 1. The van der Waals surface area contributed by atoms with Gasteiger partial charge in [-0.1, -0.05) is 34.1 Å². The number of alkyl halides is 1. The van der Waals surface area contributed by atoms with Gasteiger partial charge in [-0.05, 0) is 11.6 Å². The second-order valence-electron chi connectivity index (χ2n) is 7.01. The van der Waals surface area contributed by atoms with E-state index in [1.54, 1.807) is 0 Å². The average Bonchev–Trinajstić information content (AvgIpc) is 2.80. The van der Waals surface area contributed by atoms with Crippen LogP contribution in [0.15, 0.2) is 24.3 Å². The maximum absolute atomic E-state index is 11.8. The van der Waals surface area contributed by atoms with E-state index in [9.17, 15) is 4.79 Å². The van der Waals surface area contributed by atoms with Crippen LogP contribution in [0.4, 0.5) is 11.9 Å². The molecule has 0 aliphatic carbocycles. The van der Waals surface area contributed by atoms with Crippen molar-refractivity contribution in [2.24, 2.45) is 0 Å². The summed E-state index contributed by atoms with van der Waals surface area (Å²) in [5.74, 6) is 2.10. The van der Waals surface area contributed by atoms with E-state index in [4.69, 9.17) is 24.4 Å². The molecule has 29 heavy (non-hydrogen) atoms. The van der Waals surface area contributed by atoms with Crippen molar-refractivity contribution in [3.05, 3.63) is 29.8 Å². The zero-order valence-corrected chi connectivity index (χ0v) is 17.8. The Morgan fingerprint density at radius 1 is 0.931 bits per heavy atom. The van der Waals surface area contributed by atoms with Crippen LogP contribution in [0.2, 0.25) is 0 Å². The lowest BCUT2D eigenvalue weighted by atomic mass is 10.1. The van der Waals surface area contributed by atoms with Gasteiger partial charge in [0.15, 0.2) is 5.82 Å². The van der Waals surface area contributed by atoms with Gasteiger partial charge >= 0.3 is 0 Å². The van der Waals surface area contributed by atoms with Crippen molar-refractivity contribution in [3.8, 4) is 11.4 Å². The summed E-state index contributed by atoms with van der Waals surface area (Å²) in [4.78, 5) is 30.4. The van der Waals surface area contributed by atoms with Gasteiger partial charge < -0.3 is 19.3 Å². The fourth-order valence-electron chi connectivity index (χ4n) is 3.39. The third kappa shape index (κ3) is 5.09. The van der Waals surface area contributed by atoms with Gasteiger partial charge in [0.25, 0.3) is 0 Å². The first kappa shape index (κ1) is 20.2. The number of ether oxygens (including phenoxy) is 2. The lowest BCUT2D eigenvalue weighted by molar-refractivity contribution is -0.115. The molecule has 0 atom stereocenters. The minimum absolute atomic E-state index is 0.140. The Morgan fingerprint density at radius 2 is 1.52 bits per heavy atom. The monoisotopic (exact) mass is 461 g/mol. The number of rotatable bonds is 6. The van der Waals surface area contributed by atoms with Crippen molar-refractivity contribution in [3.63, 3.8) is 0 Å². The standard InChI is InChI=1S/C20H24BrN5O3/c21-14-17(27)13-15-2-1-3-16(12-15)18-22-19(25-4-8-28-9-5-25)24-20(23-18)26-6-10-29-11-7-26/h1-3,12H,4-11,13-14H2. The van der Waals surface area contributed by atoms with E-state index >= 15 is 0 Å². The number of Topliss-reactive ketones (excluding diaryl/α,β-unsaturated/α-hetero) is 1. The number of morpholine rings is 2. The molecule has 0 amide bonds. The van der Waals surface area contributed by atoms with E-state index in [0.717, 1.165) is 37.3 Å². The first-order valence-corrected chi connectivity index (χ1v) is 10.9. The third-order valence-electron chi connectivity index (χ3n) is 4.94. The van der Waals surface area contributed by atoms with Crippen molar-refractivity contribution in [1.82, 2.24) is 15.0 Å². The van der Waals surface area contributed by atoms with Crippen LogP contribution in [0.5, 0.6) is 0 Å². The van der Waals surface area contributed by atoms with Crippen LogP contribution in [0.25, 0.3) is 11.4 Å². The summed E-state index contributed by atoms with van der Waals surface area (Å²) < 4.78 is 10.9. The van der Waals surface area contributed by atoms with Gasteiger partial charge in [-0.15, -0.1) is 0 Å². The van der Waals surface area contributed by atoms with Crippen LogP contribution in [0.1, 0.15) is 5.56 Å². The Bertz CT molecular complexity index is 818. The first-order valence-electron chi connectivity index (χ1n) is 9.81. The molecule has 9 heteroatoms. The maximum atomic E-state index is 11.8. The van der Waals surface area contributed by atoms with Crippen LogP contribution in [-0.4, -0.2) is 78.7 Å². The molecule has 2 aliphatic heterocycles. The van der Waals surface area contributed by atoms with Gasteiger partial charge in [0.2, 0.25) is 11.9 Å². The smallest absolute Gasteiger partial charge is 0.230 e. The van der Waals surface area contributed by atoms with Crippen molar-refractivity contribution >= 4 is 33.6 Å². The number of hydrogen-bond acceptors (Lipinski definition) is 8. The normalized spacial score (nSPS) is 17.4. The molecule has 0 radical (unpaired) electrons. The van der Waals surface area contributed by atoms with Crippen molar-refractivity contribution < 1.29 is 14.3 Å². The highest BCUT2D eigenvalue weighted by Crippen LogP contribution is 2.23. The molecule has 3 heterocycles. The molecule has 4 rings (SSSR count). The Kier molecular flexibility index (Phi) is 6.68. The van der Waals surface area contributed by atoms with Gasteiger partial charge in [-0.2, -0.15) is 15.0 Å². The number of benzene rings is 1. The van der Waals surface area contributed by atoms with Crippen LogP contribution in [0.3, 0.4) is 0 Å². The predicted octanol–water partition coefficient (Wildman–Crippen LogP) is 1.72. The third-order valence-corrected chi connectivity index (χ3v) is 5.56. The number of hydrogen-bond donors (Lipinski definition) is 0. The van der Waals surface area contributed by atoms with Gasteiger partial charge in [0, 0.05) is 38.2 Å². The molecule has 1 aromatic heterocycles. The lowest BCUT2D eigenvalue weighted by Crippen LogP contribution is -2.40. The molecule has 8 nitrogen and oxygen atoms in total. The van der Waals surface area contributed by atoms with Crippen molar-refractivity contribution in [1.29, 1.82) is 0 Å². The number of nitrogens with zero attached hydrogens (tertiary/aromatic N) is 5. The van der Waals surface area contributed by atoms with Crippen molar-refractivity contribution in [2.75, 3.05) is 67.7 Å². The van der Waals surface area contributed by atoms with E-state index in [-0.39, 0.29) is 5.78 Å². The molecule has 0 N–H and O–H groups in total. The zero-order valence-electron chi connectivity index (χ0n) is 16.2. The molecular formula is C20H24BrN5O3. The molecule has 1 aromatic carbocycles. The topological polar surface area (TPSA) is 80.7 Å². The van der Waals surface area contributed by atoms with Gasteiger partial charge in [-0.3, -0.25) is 4.79 Å². The minimum Gasteiger partial charge on any atom is -0.378 e. The van der Waals surface area contributed by atoms with Crippen molar-refractivity contribution in [2.45, 2.75) is 6.42 Å². The van der Waals surface area contributed by atoms with E-state index in [2.05, 4.69) is 25.7 Å². The van der Waals surface area contributed by atoms with E-state index in [1.165, 1.54) is 0 Å². The Labute approximate surface area is 178 Å². The molecule has 0 saturated carbocycles. The summed E-state index contributed by atoms with van der Waals surface area (Å²) in [6, 6.07) is 7.86. The van der Waals surface area contributed by atoms with E-state index < -0.39 is 0 Å². The van der Waals surface area contributed by atoms with E-state index in [0.29, 0.717) is 55.9 Å². The molecule has 2 fully saturated rings. The number of carbonyl (C=O) groups excluding carboxylic acids is 1. The SMILES string of the molecule is O=C(CBr)Cc1cccc(-c2nc(N3CCOCC3)nc(N3CCOCC3)n2)c1. The fourth-order valence-corrected chi connectivity index (χ4v) is 3.59. The molecule has 0 unspecified atom stereocenters. The van der Waals surface area contributed by atoms with Crippen LogP contribution in [0, 0.1) is 0 Å². The van der Waals surface area contributed by atoms with Crippen LogP contribution >= 0.6 is 15.9 Å². The highest BCUT2D eigenvalue weighted by atomic mass is 79.9. The van der Waals surface area contributed by atoms with Gasteiger partial charge in [0.1, 0.15) is 5.78 Å². The predicted molar refractivity (Wildman–Crippen MR) is 114 cm³/mol. The molecule has 154 valence electrons. The molecule has 2 saturated heterocycles. The number of ketones is 1. The fraction of sp³-hybridized carbons (Fsp3) is 0.500. The molecule has 2 aliphatic rings. The average molecular weight is 462 g/mol. The summed E-state index contributed by atoms with van der Waals surface area (Å²) in [5.41, 5.74) is 1.84. The van der Waals surface area contributed by atoms with Crippen LogP contribution < -0.4 is 9.80 Å². The number of anilines is 2. The van der Waals surface area contributed by atoms with Crippen LogP contribution in [-0.2, 0) is 20.7 Å². The quantitative estimate of drug-likeness (QED) is 0.601. The Morgan fingerprint density at radius 3 is 2.07 bits per heavy atom. The zero-order chi connectivity index (χ0) is 20.1. The molecule has 0 spiro atoms. The highest BCUT2D eigenvalue weighted by molar-refractivity contribution is 9.09. The molecule has 0 bridgehead atoms. The summed E-state index contributed by atoms with van der Waals surface area (Å²) in [6.45, 7) is 5.68. The van der Waals surface area contributed by atoms with Gasteiger partial charge in [0.05, 0.1) is 31.8 Å². The van der Waals surface area contributed by atoms with E-state index in [1.807, 2.05) is 24.3 Å². The second-order valence-corrected chi connectivity index (χ2v) is 7.57. The Balaban J connectivity index is 1.69. The minimum atomic E-state index is 0.140. The lowest BCUT2D eigenvalue weighted by Gasteiger charge is -2.30. The second kappa shape index (κ2) is 9.60. The summed E-state index contributed by atoms with van der Waals surface area (Å²) in [7, 11) is 0. The number of aromatic nitrogens is 3. The summed E-state index contributed by atoms with van der Waals surface area (Å²) in [6.07, 6.45) is 0.386. The maximum Gasteiger partial charge on any atom is 0.230 e. The highest BCUT2D eigenvalue weighted by Gasteiger charge is 2.21. The summed E-state index contributed by atoms with van der Waals surface area (Å²) in [5, 5.41) is 0.353. The van der Waals surface area contributed by atoms with Gasteiger partial charge in [-0.25, -0.2) is 0 Å².